The number of ether oxygens (including phenoxy) is 1. The highest BCUT2D eigenvalue weighted by atomic mass is 32.1. The number of carbonyl (C=O) groups excluding carboxylic acids is 1. The predicted molar refractivity (Wildman–Crippen MR) is 79.5 cm³/mol. The van der Waals surface area contributed by atoms with Crippen LogP contribution in [-0.4, -0.2) is 24.3 Å². The second-order valence-corrected chi connectivity index (χ2v) is 6.12. The van der Waals surface area contributed by atoms with E-state index in [0.29, 0.717) is 17.1 Å². The molecule has 0 spiro atoms. The lowest BCUT2D eigenvalue weighted by molar-refractivity contribution is -0.274. The van der Waals surface area contributed by atoms with Gasteiger partial charge < -0.3 is 4.74 Å². The van der Waals surface area contributed by atoms with Crippen LogP contribution in [0, 0.1) is 5.92 Å². The topological polar surface area (TPSA) is 42.4 Å². The summed E-state index contributed by atoms with van der Waals surface area (Å²) in [7, 11) is 1.62. The first-order valence-electron chi connectivity index (χ1n) is 6.88. The van der Waals surface area contributed by atoms with Gasteiger partial charge in [-0.1, -0.05) is 18.2 Å². The van der Waals surface area contributed by atoms with Crippen molar-refractivity contribution in [2.75, 3.05) is 11.9 Å². The fourth-order valence-electron chi connectivity index (χ4n) is 2.54. The van der Waals surface area contributed by atoms with Crippen LogP contribution >= 0.6 is 11.3 Å². The lowest BCUT2D eigenvalue weighted by atomic mass is 10.1. The van der Waals surface area contributed by atoms with Crippen LogP contribution in [0.4, 0.5) is 18.3 Å². The van der Waals surface area contributed by atoms with E-state index in [4.69, 9.17) is 0 Å². The summed E-state index contributed by atoms with van der Waals surface area (Å²) in [6.45, 7) is 0. The van der Waals surface area contributed by atoms with Crippen molar-refractivity contribution in [3.05, 3.63) is 41.4 Å². The van der Waals surface area contributed by atoms with Crippen LogP contribution in [0.1, 0.15) is 17.9 Å². The number of thiazole rings is 1. The highest BCUT2D eigenvalue weighted by Crippen LogP contribution is 2.51. The molecule has 2 aromatic rings. The molecule has 1 fully saturated rings. The molecule has 0 aliphatic heterocycles. The lowest BCUT2D eigenvalue weighted by Gasteiger charge is -2.15. The molecule has 0 bridgehead atoms. The second kappa shape index (κ2) is 5.84. The Morgan fingerprint density at radius 2 is 2.13 bits per heavy atom. The first-order valence-corrected chi connectivity index (χ1v) is 7.76. The Labute approximate surface area is 134 Å². The molecular formula is C15H13F3N2O2S. The Balaban J connectivity index is 1.75. The van der Waals surface area contributed by atoms with Crippen LogP contribution in [0.5, 0.6) is 5.75 Å². The number of nitrogens with zero attached hydrogens (tertiary/aromatic N) is 2. The first-order chi connectivity index (χ1) is 10.9. The van der Waals surface area contributed by atoms with Gasteiger partial charge in [0, 0.05) is 24.5 Å². The smallest absolute Gasteiger partial charge is 0.405 e. The number of carbonyl (C=O) groups is 1. The molecule has 1 saturated carbocycles. The molecule has 4 nitrogen and oxygen atoms in total. The van der Waals surface area contributed by atoms with Crippen LogP contribution in [0.25, 0.3) is 0 Å². The number of hydrogen-bond acceptors (Lipinski definition) is 4. The van der Waals surface area contributed by atoms with E-state index < -0.39 is 6.36 Å². The Bertz CT molecular complexity index is 703. The number of rotatable bonds is 4. The monoisotopic (exact) mass is 342 g/mol. The molecule has 3 rings (SSSR count). The zero-order valence-corrected chi connectivity index (χ0v) is 12.9. The molecule has 1 aromatic heterocycles. The molecule has 122 valence electrons. The molecule has 1 amide bonds. The average Bonchev–Trinajstić information content (AvgIpc) is 3.08. The maximum absolute atomic E-state index is 12.5. The summed E-state index contributed by atoms with van der Waals surface area (Å²) in [5.74, 6) is -0.991. The van der Waals surface area contributed by atoms with Crippen LogP contribution in [0.3, 0.4) is 0 Å². The minimum atomic E-state index is -4.75. The number of hydrogen-bond donors (Lipinski definition) is 0. The van der Waals surface area contributed by atoms with Crippen molar-refractivity contribution >= 4 is 22.4 Å². The zero-order chi connectivity index (χ0) is 16.6. The van der Waals surface area contributed by atoms with E-state index in [0.717, 1.165) is 0 Å². The molecule has 1 aliphatic rings. The maximum atomic E-state index is 12.5. The summed E-state index contributed by atoms with van der Waals surface area (Å²) in [5, 5.41) is 2.33. The fourth-order valence-corrected chi connectivity index (χ4v) is 3.15. The van der Waals surface area contributed by atoms with Crippen molar-refractivity contribution in [1.29, 1.82) is 0 Å². The van der Waals surface area contributed by atoms with Crippen molar-refractivity contribution < 1.29 is 22.7 Å². The van der Waals surface area contributed by atoms with Gasteiger partial charge in [0.2, 0.25) is 5.91 Å². The number of amides is 1. The van der Waals surface area contributed by atoms with Gasteiger partial charge in [-0.3, -0.25) is 9.69 Å². The number of halogens is 3. The van der Waals surface area contributed by atoms with Crippen molar-refractivity contribution in [3.8, 4) is 5.75 Å². The third kappa shape index (κ3) is 3.47. The van der Waals surface area contributed by atoms with Gasteiger partial charge >= 0.3 is 6.36 Å². The third-order valence-electron chi connectivity index (χ3n) is 3.69. The molecule has 0 saturated heterocycles. The SMILES string of the molecule is CN(C(=O)C1CC1c1ccccc1OC(F)(F)F)c1nccs1. The molecule has 1 heterocycles. The molecular weight excluding hydrogens is 329 g/mol. The standard InChI is InChI=1S/C15H13F3N2O2S/c1-20(14-19-6-7-23-14)13(21)11-8-10(11)9-4-2-3-5-12(9)22-15(16,17)18/h2-7,10-11H,8H2,1H3. The van der Waals surface area contributed by atoms with E-state index in [1.807, 2.05) is 0 Å². The van der Waals surface area contributed by atoms with Gasteiger partial charge in [0.25, 0.3) is 0 Å². The van der Waals surface area contributed by atoms with Gasteiger partial charge in [-0.15, -0.1) is 24.5 Å². The fraction of sp³-hybridized carbons (Fsp3) is 0.333. The number of alkyl halides is 3. The number of benzene rings is 1. The van der Waals surface area contributed by atoms with Crippen molar-refractivity contribution in [1.82, 2.24) is 4.98 Å². The summed E-state index contributed by atoms with van der Waals surface area (Å²) in [4.78, 5) is 17.9. The number of aromatic nitrogens is 1. The molecule has 8 heteroatoms. The Hall–Kier alpha value is -2.09. The first kappa shape index (κ1) is 15.8. The van der Waals surface area contributed by atoms with Crippen LogP contribution in [-0.2, 0) is 4.79 Å². The Kier molecular flexibility index (Phi) is 4.01. The molecule has 23 heavy (non-hydrogen) atoms. The van der Waals surface area contributed by atoms with Gasteiger partial charge in [-0.2, -0.15) is 0 Å². The Morgan fingerprint density at radius 1 is 1.39 bits per heavy atom. The van der Waals surface area contributed by atoms with Gasteiger partial charge in [0.15, 0.2) is 5.13 Å². The predicted octanol–water partition coefficient (Wildman–Crippen LogP) is 3.81. The van der Waals surface area contributed by atoms with Gasteiger partial charge in [-0.25, -0.2) is 4.98 Å². The molecule has 1 aliphatic carbocycles. The van der Waals surface area contributed by atoms with E-state index in [1.54, 1.807) is 30.8 Å². The maximum Gasteiger partial charge on any atom is 0.573 e. The quantitative estimate of drug-likeness (QED) is 0.849. The molecule has 2 unspecified atom stereocenters. The molecule has 2 atom stereocenters. The average molecular weight is 342 g/mol. The summed E-state index contributed by atoms with van der Waals surface area (Å²) < 4.78 is 41.5. The summed E-state index contributed by atoms with van der Waals surface area (Å²) >= 11 is 1.33. The second-order valence-electron chi connectivity index (χ2n) is 5.25. The van der Waals surface area contributed by atoms with Gasteiger partial charge in [0.05, 0.1) is 0 Å². The van der Waals surface area contributed by atoms with Crippen molar-refractivity contribution in [2.45, 2.75) is 18.7 Å². The molecule has 1 aromatic carbocycles. The normalized spacial score (nSPS) is 20.2. The van der Waals surface area contributed by atoms with Gasteiger partial charge in [0.1, 0.15) is 5.75 Å². The largest absolute Gasteiger partial charge is 0.573 e. The van der Waals surface area contributed by atoms with Crippen molar-refractivity contribution in [3.63, 3.8) is 0 Å². The van der Waals surface area contributed by atoms with E-state index in [9.17, 15) is 18.0 Å². The van der Waals surface area contributed by atoms with E-state index in [-0.39, 0.29) is 23.5 Å². The van der Waals surface area contributed by atoms with Crippen molar-refractivity contribution in [2.24, 2.45) is 5.92 Å². The third-order valence-corrected chi connectivity index (χ3v) is 4.54. The molecule has 0 N–H and O–H groups in total. The van der Waals surface area contributed by atoms with E-state index in [1.165, 1.54) is 28.4 Å². The summed E-state index contributed by atoms with van der Waals surface area (Å²) in [6.07, 6.45) is -2.64. The number of anilines is 1. The van der Waals surface area contributed by atoms with Crippen LogP contribution in [0.15, 0.2) is 35.8 Å². The summed E-state index contributed by atoms with van der Waals surface area (Å²) in [5.41, 5.74) is 0.413. The van der Waals surface area contributed by atoms with E-state index >= 15 is 0 Å². The highest BCUT2D eigenvalue weighted by Gasteiger charge is 2.47. The van der Waals surface area contributed by atoms with Gasteiger partial charge in [-0.05, 0) is 24.0 Å². The lowest BCUT2D eigenvalue weighted by Crippen LogP contribution is -2.28. The summed E-state index contributed by atoms with van der Waals surface area (Å²) in [6, 6.07) is 5.96. The minimum absolute atomic E-state index is 0.147. The zero-order valence-electron chi connectivity index (χ0n) is 12.1. The van der Waals surface area contributed by atoms with Crippen LogP contribution < -0.4 is 9.64 Å². The highest BCUT2D eigenvalue weighted by molar-refractivity contribution is 7.13. The van der Waals surface area contributed by atoms with E-state index in [2.05, 4.69) is 9.72 Å². The molecule has 0 radical (unpaired) electrons. The Morgan fingerprint density at radius 3 is 2.78 bits per heavy atom. The number of para-hydroxylation sites is 1. The van der Waals surface area contributed by atoms with Crippen LogP contribution in [0.2, 0.25) is 0 Å². The minimum Gasteiger partial charge on any atom is -0.405 e.